The van der Waals surface area contributed by atoms with Crippen LogP contribution in [0.25, 0.3) is 0 Å². The van der Waals surface area contributed by atoms with Gasteiger partial charge < -0.3 is 4.90 Å². The minimum atomic E-state index is 0.688. The fourth-order valence-electron chi connectivity index (χ4n) is 3.22. The van der Waals surface area contributed by atoms with Crippen molar-refractivity contribution < 1.29 is 0 Å². The van der Waals surface area contributed by atoms with Gasteiger partial charge in [-0.05, 0) is 43.9 Å². The van der Waals surface area contributed by atoms with Crippen LogP contribution in [0.4, 0.5) is 0 Å². The van der Waals surface area contributed by atoms with E-state index in [0.717, 1.165) is 19.0 Å². The van der Waals surface area contributed by atoms with Gasteiger partial charge in [0.2, 0.25) is 0 Å². The average molecular weight is 259 g/mol. The van der Waals surface area contributed by atoms with Crippen LogP contribution < -0.4 is 5.43 Å². The summed E-state index contributed by atoms with van der Waals surface area (Å²) in [4.78, 5) is 2.40. The summed E-state index contributed by atoms with van der Waals surface area (Å²) in [5.74, 6) is 0.770. The third-order valence-electron chi connectivity index (χ3n) is 4.63. The molecule has 1 saturated heterocycles. The SMILES string of the molecule is Cc1ccccc1C1CC(NN2CCN(C)CC2)C1. The lowest BCUT2D eigenvalue weighted by Crippen LogP contribution is -2.56. The van der Waals surface area contributed by atoms with Crippen molar-refractivity contribution in [3.05, 3.63) is 35.4 Å². The van der Waals surface area contributed by atoms with Crippen molar-refractivity contribution in [2.45, 2.75) is 31.7 Å². The van der Waals surface area contributed by atoms with E-state index in [1.165, 1.54) is 31.5 Å². The van der Waals surface area contributed by atoms with E-state index in [0.29, 0.717) is 6.04 Å². The molecule has 0 atom stereocenters. The summed E-state index contributed by atoms with van der Waals surface area (Å²) < 4.78 is 0. The summed E-state index contributed by atoms with van der Waals surface area (Å²) in [6.45, 7) is 6.91. The molecule has 1 aromatic carbocycles. The van der Waals surface area contributed by atoms with Gasteiger partial charge in [-0.3, -0.25) is 5.43 Å². The molecule has 3 rings (SSSR count). The van der Waals surface area contributed by atoms with Crippen LogP contribution in [-0.2, 0) is 0 Å². The second-order valence-electron chi connectivity index (χ2n) is 6.14. The molecule has 0 spiro atoms. The number of hydrazine groups is 1. The summed E-state index contributed by atoms with van der Waals surface area (Å²) in [5, 5.41) is 2.42. The van der Waals surface area contributed by atoms with Crippen molar-refractivity contribution in [1.29, 1.82) is 0 Å². The maximum atomic E-state index is 3.70. The van der Waals surface area contributed by atoms with E-state index in [-0.39, 0.29) is 0 Å². The summed E-state index contributed by atoms with van der Waals surface area (Å²) in [6.07, 6.45) is 2.58. The fourth-order valence-corrected chi connectivity index (χ4v) is 3.22. The molecular weight excluding hydrogens is 234 g/mol. The number of aryl methyl sites for hydroxylation is 1. The van der Waals surface area contributed by atoms with E-state index in [4.69, 9.17) is 0 Å². The van der Waals surface area contributed by atoms with Crippen molar-refractivity contribution >= 4 is 0 Å². The van der Waals surface area contributed by atoms with Crippen LogP contribution in [-0.4, -0.2) is 49.2 Å². The van der Waals surface area contributed by atoms with Gasteiger partial charge in [0.25, 0.3) is 0 Å². The highest BCUT2D eigenvalue weighted by molar-refractivity contribution is 5.31. The van der Waals surface area contributed by atoms with E-state index in [1.807, 2.05) is 0 Å². The Morgan fingerprint density at radius 1 is 1.05 bits per heavy atom. The minimum absolute atomic E-state index is 0.688. The van der Waals surface area contributed by atoms with Crippen molar-refractivity contribution in [3.63, 3.8) is 0 Å². The minimum Gasteiger partial charge on any atom is -0.304 e. The van der Waals surface area contributed by atoms with Crippen LogP contribution in [0.1, 0.15) is 29.9 Å². The topological polar surface area (TPSA) is 18.5 Å². The van der Waals surface area contributed by atoms with E-state index in [1.54, 1.807) is 5.56 Å². The second-order valence-corrected chi connectivity index (χ2v) is 6.14. The molecule has 3 nitrogen and oxygen atoms in total. The number of rotatable bonds is 3. The summed E-state index contributed by atoms with van der Waals surface area (Å²) in [7, 11) is 2.20. The molecule has 1 aromatic rings. The highest BCUT2D eigenvalue weighted by atomic mass is 15.5. The Hall–Kier alpha value is -0.900. The van der Waals surface area contributed by atoms with Gasteiger partial charge in [-0.2, -0.15) is 0 Å². The number of piperazine rings is 1. The van der Waals surface area contributed by atoms with Crippen molar-refractivity contribution in [3.8, 4) is 0 Å². The molecule has 0 amide bonds. The molecular formula is C16H25N3. The number of hydrogen-bond acceptors (Lipinski definition) is 3. The lowest BCUT2D eigenvalue weighted by atomic mass is 9.75. The number of nitrogens with one attached hydrogen (secondary N) is 1. The monoisotopic (exact) mass is 259 g/mol. The highest BCUT2D eigenvalue weighted by Gasteiger charge is 2.32. The van der Waals surface area contributed by atoms with Crippen LogP contribution in [0.2, 0.25) is 0 Å². The number of nitrogens with zero attached hydrogens (tertiary/aromatic N) is 2. The Labute approximate surface area is 116 Å². The summed E-state index contributed by atoms with van der Waals surface area (Å²) in [5.41, 5.74) is 6.71. The second kappa shape index (κ2) is 5.61. The Kier molecular flexibility index (Phi) is 3.87. The Balaban J connectivity index is 1.47. The van der Waals surface area contributed by atoms with Gasteiger partial charge in [0.05, 0.1) is 0 Å². The highest BCUT2D eigenvalue weighted by Crippen LogP contribution is 2.38. The normalized spacial score (nSPS) is 29.2. The van der Waals surface area contributed by atoms with Crippen LogP contribution in [0.3, 0.4) is 0 Å². The van der Waals surface area contributed by atoms with Gasteiger partial charge in [-0.25, -0.2) is 5.01 Å². The molecule has 2 fully saturated rings. The van der Waals surface area contributed by atoms with Gasteiger partial charge in [-0.1, -0.05) is 24.3 Å². The van der Waals surface area contributed by atoms with E-state index >= 15 is 0 Å². The van der Waals surface area contributed by atoms with Crippen molar-refractivity contribution in [2.24, 2.45) is 0 Å². The predicted molar refractivity (Wildman–Crippen MR) is 79.1 cm³/mol. The smallest absolute Gasteiger partial charge is 0.0259 e. The molecule has 0 radical (unpaired) electrons. The zero-order valence-corrected chi connectivity index (χ0v) is 12.1. The molecule has 2 aliphatic rings. The van der Waals surface area contributed by atoms with Gasteiger partial charge in [0, 0.05) is 32.2 Å². The Bertz CT molecular complexity index is 418. The molecule has 0 aromatic heterocycles. The molecule has 1 heterocycles. The standard InChI is InChI=1S/C16H25N3/c1-13-5-3-4-6-16(13)14-11-15(12-14)17-19-9-7-18(2)8-10-19/h3-6,14-15,17H,7-12H2,1-2H3. The first-order valence-electron chi connectivity index (χ1n) is 7.47. The molecule has 0 bridgehead atoms. The van der Waals surface area contributed by atoms with Crippen molar-refractivity contribution in [2.75, 3.05) is 33.2 Å². The van der Waals surface area contributed by atoms with E-state index in [2.05, 4.69) is 53.6 Å². The molecule has 0 unspecified atom stereocenters. The first kappa shape index (κ1) is 13.1. The largest absolute Gasteiger partial charge is 0.304 e. The first-order chi connectivity index (χ1) is 9.22. The van der Waals surface area contributed by atoms with Crippen LogP contribution >= 0.6 is 0 Å². The van der Waals surface area contributed by atoms with Gasteiger partial charge >= 0.3 is 0 Å². The van der Waals surface area contributed by atoms with Crippen LogP contribution in [0.5, 0.6) is 0 Å². The lowest BCUT2D eigenvalue weighted by Gasteiger charge is -2.42. The molecule has 1 saturated carbocycles. The number of benzene rings is 1. The van der Waals surface area contributed by atoms with Crippen LogP contribution in [0, 0.1) is 6.92 Å². The summed E-state index contributed by atoms with van der Waals surface area (Å²) in [6, 6.07) is 9.52. The van der Waals surface area contributed by atoms with E-state index < -0.39 is 0 Å². The van der Waals surface area contributed by atoms with Gasteiger partial charge in [0.15, 0.2) is 0 Å². The maximum Gasteiger partial charge on any atom is 0.0259 e. The lowest BCUT2D eigenvalue weighted by molar-refractivity contribution is 0.0627. The number of likely N-dealkylation sites (N-methyl/N-ethyl adjacent to an activating group) is 1. The molecule has 1 aliphatic heterocycles. The predicted octanol–water partition coefficient (Wildman–Crippen LogP) is 1.99. The Morgan fingerprint density at radius 3 is 2.42 bits per heavy atom. The van der Waals surface area contributed by atoms with Gasteiger partial charge in [-0.15, -0.1) is 0 Å². The Morgan fingerprint density at radius 2 is 1.74 bits per heavy atom. The van der Waals surface area contributed by atoms with E-state index in [9.17, 15) is 0 Å². The quantitative estimate of drug-likeness (QED) is 0.895. The maximum absolute atomic E-state index is 3.70. The van der Waals surface area contributed by atoms with Gasteiger partial charge in [0.1, 0.15) is 0 Å². The summed E-state index contributed by atoms with van der Waals surface area (Å²) >= 11 is 0. The van der Waals surface area contributed by atoms with Crippen molar-refractivity contribution in [1.82, 2.24) is 15.3 Å². The molecule has 3 heteroatoms. The molecule has 104 valence electrons. The zero-order chi connectivity index (χ0) is 13.2. The number of hydrogen-bond donors (Lipinski definition) is 1. The molecule has 19 heavy (non-hydrogen) atoms. The third-order valence-corrected chi connectivity index (χ3v) is 4.63. The average Bonchev–Trinajstić information content (AvgIpc) is 2.37. The molecule has 1 N–H and O–H groups in total. The zero-order valence-electron chi connectivity index (χ0n) is 12.1. The molecule has 1 aliphatic carbocycles. The first-order valence-corrected chi connectivity index (χ1v) is 7.47. The van der Waals surface area contributed by atoms with Crippen LogP contribution in [0.15, 0.2) is 24.3 Å². The third kappa shape index (κ3) is 2.99. The fraction of sp³-hybridized carbons (Fsp3) is 0.625.